The van der Waals surface area contributed by atoms with Crippen LogP contribution in [-0.4, -0.2) is 44.6 Å². The van der Waals surface area contributed by atoms with Crippen LogP contribution in [-0.2, 0) is 10.0 Å². The Morgan fingerprint density at radius 3 is 2.46 bits per heavy atom. The first-order chi connectivity index (χ1) is 16.6. The molecule has 0 bridgehead atoms. The van der Waals surface area contributed by atoms with E-state index in [0.717, 1.165) is 18.6 Å². The van der Waals surface area contributed by atoms with Gasteiger partial charge in [-0.3, -0.25) is 0 Å². The number of nitrogens with zero attached hydrogens (tertiary/aromatic N) is 4. The average molecular weight is 547 g/mol. The highest BCUT2D eigenvalue weighted by Crippen LogP contribution is 2.37. The molecule has 1 fully saturated rings. The van der Waals surface area contributed by atoms with Crippen LogP contribution in [0.2, 0.25) is 5.02 Å². The lowest BCUT2D eigenvalue weighted by Crippen LogP contribution is -2.29. The minimum Gasteiger partial charge on any atom is -0.368 e. The molecule has 0 radical (unpaired) electrons. The van der Waals surface area contributed by atoms with Gasteiger partial charge in [-0.1, -0.05) is 11.6 Å². The van der Waals surface area contributed by atoms with E-state index in [4.69, 9.17) is 23.4 Å². The fraction of sp³-hybridized carbons (Fsp3) is 0.238. The first-order valence-electron chi connectivity index (χ1n) is 10.3. The normalized spacial score (nSPS) is 15.9. The van der Waals surface area contributed by atoms with E-state index < -0.39 is 38.3 Å². The third kappa shape index (κ3) is 5.25. The lowest BCUT2D eigenvalue weighted by Gasteiger charge is -2.23. The molecule has 2 heterocycles. The highest BCUT2D eigenvalue weighted by molar-refractivity contribution is 7.94. The molecule has 2 aromatic carbocycles. The monoisotopic (exact) mass is 546 g/mol. The molecule has 0 amide bonds. The van der Waals surface area contributed by atoms with Crippen molar-refractivity contribution in [3.8, 4) is 0 Å². The van der Waals surface area contributed by atoms with Crippen molar-refractivity contribution in [2.24, 2.45) is 0 Å². The highest BCUT2D eigenvalue weighted by Gasteiger charge is 2.30. The van der Waals surface area contributed by atoms with E-state index in [2.05, 4.69) is 20.6 Å². The molecule has 1 aliphatic heterocycles. The number of aromatic nitrogens is 2. The molecule has 1 atom stereocenters. The summed E-state index contributed by atoms with van der Waals surface area (Å²) in [7, 11) is -2.84. The summed E-state index contributed by atoms with van der Waals surface area (Å²) >= 11 is 12.1. The van der Waals surface area contributed by atoms with Crippen LogP contribution in [0.1, 0.15) is 6.42 Å². The Labute approximate surface area is 209 Å². The van der Waals surface area contributed by atoms with Crippen LogP contribution in [0.25, 0.3) is 0 Å². The number of hydrogen-bond donors (Lipinski definition) is 2. The molecular formula is C21H19Cl2F3N6O2S. The molecule has 1 unspecified atom stereocenters. The zero-order valence-electron chi connectivity index (χ0n) is 18.1. The zero-order chi connectivity index (χ0) is 25.3. The first-order valence-corrected chi connectivity index (χ1v) is 12.4. The van der Waals surface area contributed by atoms with Gasteiger partial charge in [0.05, 0.1) is 34.5 Å². The molecule has 1 saturated heterocycles. The lowest BCUT2D eigenvalue weighted by atomic mass is 10.2. The van der Waals surface area contributed by atoms with Crippen LogP contribution < -0.4 is 19.4 Å². The second kappa shape index (κ2) is 10.1. The third-order valence-electron chi connectivity index (χ3n) is 5.44. The Kier molecular flexibility index (Phi) is 7.27. The van der Waals surface area contributed by atoms with Crippen LogP contribution >= 0.6 is 23.4 Å². The molecule has 2 N–H and O–H groups in total. The maximum atomic E-state index is 15.0. The summed E-state index contributed by atoms with van der Waals surface area (Å²) in [5, 5.41) is 6.00. The summed E-state index contributed by atoms with van der Waals surface area (Å²) in [6, 6.07) is 6.09. The highest BCUT2D eigenvalue weighted by atomic mass is 35.5. The Morgan fingerprint density at radius 1 is 1.09 bits per heavy atom. The molecule has 0 aliphatic carbocycles. The topological polar surface area (TPSA) is 90.5 Å². The van der Waals surface area contributed by atoms with E-state index in [0.29, 0.717) is 36.9 Å². The van der Waals surface area contributed by atoms with E-state index >= 15 is 0 Å². The SMILES string of the molecule is CNC1CCN(c2cc(F)ccc2Nc2cc(F)c(S(=O)(=O)N(Cl)c3ncc(F)cn3)cc2Cl)C1. The van der Waals surface area contributed by atoms with Crippen molar-refractivity contribution in [3.05, 3.63) is 65.2 Å². The molecule has 0 saturated carbocycles. The number of anilines is 4. The number of likely N-dealkylation sites (N-methyl/N-ethyl adjacent to an activating group) is 1. The number of sulfonamides is 1. The Balaban J connectivity index is 1.65. The van der Waals surface area contributed by atoms with Crippen LogP contribution in [0.5, 0.6) is 0 Å². The summed E-state index contributed by atoms with van der Waals surface area (Å²) in [5.41, 5.74) is 1.06. The van der Waals surface area contributed by atoms with Gasteiger partial charge in [0.2, 0.25) is 0 Å². The molecule has 1 aromatic heterocycles. The summed E-state index contributed by atoms with van der Waals surface area (Å²) < 4.78 is 67.8. The van der Waals surface area contributed by atoms with Crippen LogP contribution in [0, 0.1) is 17.5 Å². The van der Waals surface area contributed by atoms with E-state index in [9.17, 15) is 21.6 Å². The molecule has 8 nitrogen and oxygen atoms in total. The van der Waals surface area contributed by atoms with Gasteiger partial charge in [-0.2, -0.15) is 8.42 Å². The van der Waals surface area contributed by atoms with Crippen molar-refractivity contribution >= 4 is 56.4 Å². The quantitative estimate of drug-likeness (QED) is 0.423. The summed E-state index contributed by atoms with van der Waals surface area (Å²) in [6.07, 6.45) is 2.28. The molecule has 186 valence electrons. The fourth-order valence-electron chi connectivity index (χ4n) is 3.64. The van der Waals surface area contributed by atoms with Gasteiger partial charge in [0, 0.05) is 37.0 Å². The molecule has 0 spiro atoms. The largest absolute Gasteiger partial charge is 0.368 e. The maximum absolute atomic E-state index is 15.0. The third-order valence-corrected chi connectivity index (χ3v) is 7.90. The number of benzene rings is 2. The van der Waals surface area contributed by atoms with Crippen molar-refractivity contribution in [2.75, 3.05) is 34.2 Å². The van der Waals surface area contributed by atoms with Crippen molar-refractivity contribution in [1.29, 1.82) is 0 Å². The van der Waals surface area contributed by atoms with Gasteiger partial charge in [0.1, 0.15) is 16.5 Å². The number of rotatable bonds is 7. The Bertz CT molecular complexity index is 1350. The second-order valence-electron chi connectivity index (χ2n) is 7.69. The van der Waals surface area contributed by atoms with Gasteiger partial charge in [0.25, 0.3) is 16.0 Å². The van der Waals surface area contributed by atoms with Crippen LogP contribution in [0.3, 0.4) is 0 Å². The molecule has 1 aliphatic rings. The zero-order valence-corrected chi connectivity index (χ0v) is 20.5. The van der Waals surface area contributed by atoms with E-state index in [1.807, 2.05) is 11.9 Å². The van der Waals surface area contributed by atoms with Gasteiger partial charge >= 0.3 is 0 Å². The maximum Gasteiger partial charge on any atom is 0.283 e. The van der Waals surface area contributed by atoms with Crippen molar-refractivity contribution in [1.82, 2.24) is 15.3 Å². The van der Waals surface area contributed by atoms with E-state index in [1.54, 1.807) is 0 Å². The van der Waals surface area contributed by atoms with Crippen molar-refractivity contribution in [2.45, 2.75) is 17.4 Å². The van der Waals surface area contributed by atoms with Gasteiger partial charge in [-0.25, -0.2) is 23.1 Å². The summed E-state index contributed by atoms with van der Waals surface area (Å²) in [6.45, 7) is 1.32. The molecular weight excluding hydrogens is 528 g/mol. The van der Waals surface area contributed by atoms with E-state index in [-0.39, 0.29) is 20.6 Å². The van der Waals surface area contributed by atoms with Gasteiger partial charge in [0.15, 0.2) is 5.82 Å². The van der Waals surface area contributed by atoms with E-state index in [1.165, 1.54) is 18.2 Å². The molecule has 35 heavy (non-hydrogen) atoms. The second-order valence-corrected chi connectivity index (χ2v) is 10.4. The van der Waals surface area contributed by atoms with Crippen LogP contribution in [0.15, 0.2) is 47.6 Å². The first kappa shape index (κ1) is 25.3. The predicted octanol–water partition coefficient (Wildman–Crippen LogP) is 4.44. The molecule has 4 rings (SSSR count). The standard InChI is InChI=1S/C21H19Cl2F3N6O2S/c1-27-14-4-5-31(11-14)19-6-12(24)2-3-17(19)30-18-8-16(26)20(7-15(18)22)35(33,34)32(23)21-28-9-13(25)10-29-21/h2-3,6-10,14,27,30H,4-5,11H2,1H3. The van der Waals surface area contributed by atoms with Gasteiger partial charge in [-0.15, -0.1) is 3.82 Å². The van der Waals surface area contributed by atoms with Gasteiger partial charge < -0.3 is 15.5 Å². The Hall–Kier alpha value is -2.80. The van der Waals surface area contributed by atoms with Crippen molar-refractivity contribution in [3.63, 3.8) is 0 Å². The number of halogens is 5. The van der Waals surface area contributed by atoms with Gasteiger partial charge in [-0.05, 0) is 37.7 Å². The average Bonchev–Trinajstić information content (AvgIpc) is 3.31. The minimum absolute atomic E-state index is 0.0551. The molecule has 14 heteroatoms. The molecule has 3 aromatic rings. The van der Waals surface area contributed by atoms with Crippen molar-refractivity contribution < 1.29 is 21.6 Å². The summed E-state index contributed by atoms with van der Waals surface area (Å²) in [5.74, 6) is -2.99. The smallest absolute Gasteiger partial charge is 0.283 e. The minimum atomic E-state index is -4.68. The predicted molar refractivity (Wildman–Crippen MR) is 128 cm³/mol. The number of nitrogens with one attached hydrogen (secondary N) is 2. The fourth-order valence-corrected chi connectivity index (χ4v) is 5.28. The summed E-state index contributed by atoms with van der Waals surface area (Å²) in [4.78, 5) is 8.10. The Morgan fingerprint density at radius 2 is 1.80 bits per heavy atom. The number of hydrogen-bond acceptors (Lipinski definition) is 7. The lowest BCUT2D eigenvalue weighted by molar-refractivity contribution is 0.567. The van der Waals surface area contributed by atoms with Crippen LogP contribution in [0.4, 0.5) is 36.2 Å².